The van der Waals surface area contributed by atoms with E-state index in [1.807, 2.05) is 19.1 Å². The second-order valence-electron chi connectivity index (χ2n) is 4.23. The molecular formula is C14H16BrN3O. The standard InChI is InChI=1S/C14H16BrN3O/c1-10-17-13(15)7-14(18-10)16-8-11-4-3-5-12(6-11)9-19-2/h3-7H,8-9H2,1-2H3,(H,16,17,18). The van der Waals surface area contributed by atoms with Crippen molar-refractivity contribution in [2.24, 2.45) is 0 Å². The maximum absolute atomic E-state index is 5.13. The summed E-state index contributed by atoms with van der Waals surface area (Å²) in [5, 5.41) is 3.29. The molecule has 0 radical (unpaired) electrons. The number of halogens is 1. The highest BCUT2D eigenvalue weighted by Gasteiger charge is 2.00. The summed E-state index contributed by atoms with van der Waals surface area (Å²) < 4.78 is 5.92. The van der Waals surface area contributed by atoms with E-state index in [2.05, 4.69) is 49.4 Å². The van der Waals surface area contributed by atoms with E-state index in [1.54, 1.807) is 7.11 Å². The van der Waals surface area contributed by atoms with Crippen LogP contribution in [-0.2, 0) is 17.9 Å². The number of nitrogens with zero attached hydrogens (tertiary/aromatic N) is 2. The number of methoxy groups -OCH3 is 1. The molecule has 0 bridgehead atoms. The average molecular weight is 322 g/mol. The van der Waals surface area contributed by atoms with Crippen LogP contribution in [0.4, 0.5) is 5.82 Å². The number of hydrogen-bond donors (Lipinski definition) is 1. The minimum Gasteiger partial charge on any atom is -0.380 e. The summed E-state index contributed by atoms with van der Waals surface area (Å²) in [7, 11) is 1.70. The Bertz CT molecular complexity index is 540. The lowest BCUT2D eigenvalue weighted by atomic mass is 10.1. The molecule has 0 saturated carbocycles. The zero-order valence-electron chi connectivity index (χ0n) is 11.0. The molecule has 1 aromatic heterocycles. The van der Waals surface area contributed by atoms with Gasteiger partial charge in [0.25, 0.3) is 0 Å². The molecule has 0 amide bonds. The first-order valence-electron chi connectivity index (χ1n) is 5.99. The summed E-state index contributed by atoms with van der Waals surface area (Å²) in [6.07, 6.45) is 0. The SMILES string of the molecule is COCc1cccc(CNc2cc(Br)nc(C)n2)c1. The fourth-order valence-corrected chi connectivity index (χ4v) is 2.28. The lowest BCUT2D eigenvalue weighted by molar-refractivity contribution is 0.185. The monoisotopic (exact) mass is 321 g/mol. The van der Waals surface area contributed by atoms with E-state index >= 15 is 0 Å². The van der Waals surface area contributed by atoms with Crippen molar-refractivity contribution in [2.45, 2.75) is 20.1 Å². The third-order valence-electron chi connectivity index (χ3n) is 2.58. The molecule has 2 rings (SSSR count). The molecule has 0 fully saturated rings. The normalized spacial score (nSPS) is 10.5. The number of ether oxygens (including phenoxy) is 1. The van der Waals surface area contributed by atoms with Crippen molar-refractivity contribution >= 4 is 21.7 Å². The van der Waals surface area contributed by atoms with E-state index in [0.717, 1.165) is 22.8 Å². The molecule has 0 aliphatic heterocycles. The second kappa shape index (κ2) is 6.63. The van der Waals surface area contributed by atoms with Gasteiger partial charge in [-0.05, 0) is 34.0 Å². The lowest BCUT2D eigenvalue weighted by Gasteiger charge is -2.08. The van der Waals surface area contributed by atoms with Crippen LogP contribution in [0.5, 0.6) is 0 Å². The number of aryl methyl sites for hydroxylation is 1. The molecule has 1 aromatic carbocycles. The van der Waals surface area contributed by atoms with Gasteiger partial charge in [0.1, 0.15) is 16.2 Å². The first-order valence-corrected chi connectivity index (χ1v) is 6.78. The molecule has 0 saturated heterocycles. The van der Waals surface area contributed by atoms with Crippen LogP contribution in [0.15, 0.2) is 34.9 Å². The van der Waals surface area contributed by atoms with Gasteiger partial charge in [0, 0.05) is 19.7 Å². The van der Waals surface area contributed by atoms with Gasteiger partial charge in [-0.1, -0.05) is 24.3 Å². The van der Waals surface area contributed by atoms with Gasteiger partial charge in [0.05, 0.1) is 6.61 Å². The molecule has 0 atom stereocenters. The van der Waals surface area contributed by atoms with Crippen molar-refractivity contribution in [1.29, 1.82) is 0 Å². The van der Waals surface area contributed by atoms with Gasteiger partial charge in [0.15, 0.2) is 0 Å². The molecule has 0 spiro atoms. The molecule has 0 aliphatic rings. The maximum atomic E-state index is 5.13. The van der Waals surface area contributed by atoms with Gasteiger partial charge in [0.2, 0.25) is 0 Å². The van der Waals surface area contributed by atoms with Gasteiger partial charge in [-0.25, -0.2) is 9.97 Å². The molecule has 1 N–H and O–H groups in total. The van der Waals surface area contributed by atoms with Crippen LogP contribution < -0.4 is 5.32 Å². The Hall–Kier alpha value is -1.46. The molecule has 1 heterocycles. The first kappa shape index (κ1) is 14.0. The number of nitrogens with one attached hydrogen (secondary N) is 1. The lowest BCUT2D eigenvalue weighted by Crippen LogP contribution is -2.03. The number of hydrogen-bond acceptors (Lipinski definition) is 4. The van der Waals surface area contributed by atoms with Crippen LogP contribution in [0, 0.1) is 6.92 Å². The minimum atomic E-state index is 0.631. The van der Waals surface area contributed by atoms with Crippen molar-refractivity contribution in [2.75, 3.05) is 12.4 Å². The van der Waals surface area contributed by atoms with Gasteiger partial charge in [-0.2, -0.15) is 0 Å². The van der Waals surface area contributed by atoms with E-state index in [-0.39, 0.29) is 0 Å². The summed E-state index contributed by atoms with van der Waals surface area (Å²) in [5.74, 6) is 1.56. The molecule has 2 aromatic rings. The van der Waals surface area contributed by atoms with Gasteiger partial charge < -0.3 is 10.1 Å². The quantitative estimate of drug-likeness (QED) is 0.858. The van der Waals surface area contributed by atoms with Crippen LogP contribution in [0.3, 0.4) is 0 Å². The van der Waals surface area contributed by atoms with E-state index in [0.29, 0.717) is 6.61 Å². The minimum absolute atomic E-state index is 0.631. The van der Waals surface area contributed by atoms with Crippen molar-refractivity contribution in [3.8, 4) is 0 Å². The predicted octanol–water partition coefficient (Wildman–Crippen LogP) is 3.31. The van der Waals surface area contributed by atoms with Gasteiger partial charge in [-0.3, -0.25) is 0 Å². The van der Waals surface area contributed by atoms with Gasteiger partial charge in [-0.15, -0.1) is 0 Å². The van der Waals surface area contributed by atoms with Crippen molar-refractivity contribution in [3.63, 3.8) is 0 Å². The fraction of sp³-hybridized carbons (Fsp3) is 0.286. The molecule has 0 unspecified atom stereocenters. The number of aromatic nitrogens is 2. The number of benzene rings is 1. The van der Waals surface area contributed by atoms with Crippen LogP contribution in [-0.4, -0.2) is 17.1 Å². The summed E-state index contributed by atoms with van der Waals surface area (Å²) in [4.78, 5) is 8.51. The number of anilines is 1. The molecule has 19 heavy (non-hydrogen) atoms. The highest BCUT2D eigenvalue weighted by Crippen LogP contribution is 2.13. The maximum Gasteiger partial charge on any atom is 0.131 e. The Labute approximate surface area is 121 Å². The zero-order valence-corrected chi connectivity index (χ0v) is 12.6. The highest BCUT2D eigenvalue weighted by molar-refractivity contribution is 9.10. The summed E-state index contributed by atoms with van der Waals surface area (Å²) in [6, 6.07) is 10.2. The van der Waals surface area contributed by atoms with Crippen molar-refractivity contribution < 1.29 is 4.74 Å². The van der Waals surface area contributed by atoms with Crippen molar-refractivity contribution in [3.05, 3.63) is 51.9 Å². The van der Waals surface area contributed by atoms with Crippen LogP contribution in [0.1, 0.15) is 17.0 Å². The summed E-state index contributed by atoms with van der Waals surface area (Å²) in [6.45, 7) is 3.22. The summed E-state index contributed by atoms with van der Waals surface area (Å²) >= 11 is 3.36. The van der Waals surface area contributed by atoms with Crippen LogP contribution in [0.2, 0.25) is 0 Å². The Kier molecular flexibility index (Phi) is 4.87. The Morgan fingerprint density at radius 1 is 1.21 bits per heavy atom. The molecule has 5 heteroatoms. The molecular weight excluding hydrogens is 306 g/mol. The summed E-state index contributed by atoms with van der Waals surface area (Å²) in [5.41, 5.74) is 2.36. The number of rotatable bonds is 5. The Morgan fingerprint density at radius 2 is 2.00 bits per heavy atom. The smallest absolute Gasteiger partial charge is 0.131 e. The third kappa shape index (κ3) is 4.29. The van der Waals surface area contributed by atoms with E-state index in [9.17, 15) is 0 Å². The van der Waals surface area contributed by atoms with Crippen LogP contribution in [0.25, 0.3) is 0 Å². The Balaban J connectivity index is 2.03. The third-order valence-corrected chi connectivity index (χ3v) is 2.99. The van der Waals surface area contributed by atoms with E-state index in [4.69, 9.17) is 4.74 Å². The van der Waals surface area contributed by atoms with E-state index < -0.39 is 0 Å². The predicted molar refractivity (Wildman–Crippen MR) is 79.0 cm³/mol. The van der Waals surface area contributed by atoms with Crippen LogP contribution >= 0.6 is 15.9 Å². The second-order valence-corrected chi connectivity index (χ2v) is 5.04. The van der Waals surface area contributed by atoms with Gasteiger partial charge >= 0.3 is 0 Å². The first-order chi connectivity index (χ1) is 9.17. The van der Waals surface area contributed by atoms with Crippen molar-refractivity contribution in [1.82, 2.24) is 9.97 Å². The highest BCUT2D eigenvalue weighted by atomic mass is 79.9. The molecule has 0 aliphatic carbocycles. The van der Waals surface area contributed by atoms with E-state index in [1.165, 1.54) is 11.1 Å². The average Bonchev–Trinajstić information content (AvgIpc) is 2.36. The topological polar surface area (TPSA) is 47.0 Å². The molecule has 4 nitrogen and oxygen atoms in total. The molecule has 100 valence electrons. The fourth-order valence-electron chi connectivity index (χ4n) is 1.81. The zero-order chi connectivity index (χ0) is 13.7. The largest absolute Gasteiger partial charge is 0.380 e. The Morgan fingerprint density at radius 3 is 2.74 bits per heavy atom.